The summed E-state index contributed by atoms with van der Waals surface area (Å²) in [6.07, 6.45) is 0. The smallest absolute Gasteiger partial charge is 0.160 e. The van der Waals surface area contributed by atoms with Crippen LogP contribution in [0.5, 0.6) is 0 Å². The minimum Gasteiger partial charge on any atom is -0.455 e. The zero-order chi connectivity index (χ0) is 38.4. The molecule has 272 valence electrons. The van der Waals surface area contributed by atoms with Crippen LogP contribution in [0.25, 0.3) is 88.5 Å². The molecule has 0 atom stereocenters. The average molecular weight is 742 g/mol. The van der Waals surface area contributed by atoms with Crippen LogP contribution < -0.4 is 4.90 Å². The van der Waals surface area contributed by atoms with Gasteiger partial charge >= 0.3 is 0 Å². The Hall–Kier alpha value is -7.82. The van der Waals surface area contributed by atoms with E-state index in [1.165, 1.54) is 10.8 Å². The Morgan fingerprint density at radius 1 is 0.362 bits per heavy atom. The first kappa shape index (κ1) is 33.5. The molecule has 11 rings (SSSR count). The molecule has 2 heterocycles. The molecule has 0 bridgehead atoms. The molecule has 0 N–H and O–H groups in total. The van der Waals surface area contributed by atoms with Crippen molar-refractivity contribution in [2.24, 2.45) is 0 Å². The highest BCUT2D eigenvalue weighted by atomic mass is 16.3. The lowest BCUT2D eigenvalue weighted by Gasteiger charge is -2.26. The van der Waals surface area contributed by atoms with Gasteiger partial charge in [0, 0.05) is 50.1 Å². The van der Waals surface area contributed by atoms with Gasteiger partial charge in [-0.2, -0.15) is 0 Å². The first-order valence-corrected chi connectivity index (χ1v) is 19.6. The lowest BCUT2D eigenvalue weighted by atomic mass is 9.94. The summed E-state index contributed by atoms with van der Waals surface area (Å²) in [5, 5.41) is 6.78. The summed E-state index contributed by atoms with van der Waals surface area (Å²) in [6.45, 7) is 0. The summed E-state index contributed by atoms with van der Waals surface area (Å²) in [5.74, 6) is 0.679. The number of fused-ring (bicyclic) bond motifs is 6. The summed E-state index contributed by atoms with van der Waals surface area (Å²) in [5.41, 5.74) is 11.7. The van der Waals surface area contributed by atoms with E-state index in [-0.39, 0.29) is 0 Å². The van der Waals surface area contributed by atoms with Crippen molar-refractivity contribution >= 4 is 60.5 Å². The fourth-order valence-electron chi connectivity index (χ4n) is 8.31. The topological polar surface area (TPSA) is 42.2 Å². The van der Waals surface area contributed by atoms with E-state index < -0.39 is 0 Å². The van der Waals surface area contributed by atoms with Gasteiger partial charge in [-0.25, -0.2) is 9.97 Å². The highest BCUT2D eigenvalue weighted by molar-refractivity contribution is 6.25. The van der Waals surface area contributed by atoms with E-state index in [4.69, 9.17) is 14.4 Å². The third-order valence-electron chi connectivity index (χ3n) is 11.0. The average Bonchev–Trinajstić information content (AvgIpc) is 3.70. The van der Waals surface area contributed by atoms with Crippen LogP contribution in [0, 0.1) is 0 Å². The number of anilines is 3. The highest BCUT2D eigenvalue weighted by Gasteiger charge is 2.22. The van der Waals surface area contributed by atoms with Crippen molar-refractivity contribution in [2.45, 2.75) is 0 Å². The van der Waals surface area contributed by atoms with E-state index in [1.807, 2.05) is 36.4 Å². The molecule has 0 saturated carbocycles. The molecule has 0 aliphatic carbocycles. The van der Waals surface area contributed by atoms with E-state index in [0.717, 1.165) is 89.0 Å². The maximum atomic E-state index is 7.00. The molecule has 4 heteroatoms. The fourth-order valence-corrected chi connectivity index (χ4v) is 8.31. The fraction of sp³-hybridized carbons (Fsp3) is 0. The van der Waals surface area contributed by atoms with E-state index in [2.05, 4.69) is 181 Å². The van der Waals surface area contributed by atoms with Gasteiger partial charge in [-0.15, -0.1) is 0 Å². The predicted octanol–water partition coefficient (Wildman–Crippen LogP) is 14.8. The summed E-state index contributed by atoms with van der Waals surface area (Å²) in [7, 11) is 0. The van der Waals surface area contributed by atoms with Crippen LogP contribution in [0.4, 0.5) is 17.1 Å². The molecule has 11 aromatic rings. The molecule has 0 radical (unpaired) electrons. The lowest BCUT2D eigenvalue weighted by molar-refractivity contribution is 0.670. The Balaban J connectivity index is 1.13. The van der Waals surface area contributed by atoms with Gasteiger partial charge < -0.3 is 9.32 Å². The monoisotopic (exact) mass is 741 g/mol. The van der Waals surface area contributed by atoms with Crippen molar-refractivity contribution in [3.63, 3.8) is 0 Å². The zero-order valence-electron chi connectivity index (χ0n) is 31.5. The zero-order valence-corrected chi connectivity index (χ0v) is 31.5. The van der Waals surface area contributed by atoms with Crippen LogP contribution in [0.3, 0.4) is 0 Å². The lowest BCUT2D eigenvalue weighted by Crippen LogP contribution is -2.09. The summed E-state index contributed by atoms with van der Waals surface area (Å²) >= 11 is 0. The number of para-hydroxylation sites is 1. The number of rotatable bonds is 7. The molecule has 0 fully saturated rings. The maximum absolute atomic E-state index is 7.00. The van der Waals surface area contributed by atoms with Crippen LogP contribution in [0.2, 0.25) is 0 Å². The molecule has 0 unspecified atom stereocenters. The van der Waals surface area contributed by atoms with Crippen LogP contribution in [-0.2, 0) is 0 Å². The molecule has 0 aliphatic rings. The van der Waals surface area contributed by atoms with Crippen molar-refractivity contribution in [1.82, 2.24) is 9.97 Å². The molecule has 4 nitrogen and oxygen atoms in total. The number of hydrogen-bond donors (Lipinski definition) is 0. The number of aromatic nitrogens is 2. The van der Waals surface area contributed by atoms with E-state index >= 15 is 0 Å². The molecular formula is C54H35N3O. The first-order chi connectivity index (χ1) is 28.7. The SMILES string of the molecule is c1ccc(-c2cc(-c3cccc4oc5c(-c6cccc(N(c7ccccc7)c7ccc8ccccc8c7)c6)cc6ccccc6c5c34)nc(-c3ccccc3)n2)cc1. The second-order valence-corrected chi connectivity index (χ2v) is 14.6. The molecule has 0 saturated heterocycles. The van der Waals surface area contributed by atoms with E-state index in [1.54, 1.807) is 0 Å². The van der Waals surface area contributed by atoms with Gasteiger partial charge in [0.2, 0.25) is 0 Å². The number of hydrogen-bond acceptors (Lipinski definition) is 4. The second-order valence-electron chi connectivity index (χ2n) is 14.6. The minimum atomic E-state index is 0.679. The number of furan rings is 1. The van der Waals surface area contributed by atoms with Crippen LogP contribution in [0.15, 0.2) is 217 Å². The van der Waals surface area contributed by atoms with E-state index in [0.29, 0.717) is 5.82 Å². The molecule has 0 spiro atoms. The van der Waals surface area contributed by atoms with Gasteiger partial charge in [-0.1, -0.05) is 158 Å². The largest absolute Gasteiger partial charge is 0.455 e. The van der Waals surface area contributed by atoms with Gasteiger partial charge in [0.15, 0.2) is 5.82 Å². The minimum absolute atomic E-state index is 0.679. The van der Waals surface area contributed by atoms with Crippen molar-refractivity contribution in [1.29, 1.82) is 0 Å². The molecule has 9 aromatic carbocycles. The molecule has 58 heavy (non-hydrogen) atoms. The Bertz CT molecular complexity index is 3230. The van der Waals surface area contributed by atoms with Gasteiger partial charge in [-0.05, 0) is 81.7 Å². The van der Waals surface area contributed by atoms with Gasteiger partial charge in [0.25, 0.3) is 0 Å². The molecular weight excluding hydrogens is 707 g/mol. The quantitative estimate of drug-likeness (QED) is 0.163. The third kappa shape index (κ3) is 5.87. The van der Waals surface area contributed by atoms with Crippen molar-refractivity contribution in [3.05, 3.63) is 212 Å². The first-order valence-electron chi connectivity index (χ1n) is 19.6. The Morgan fingerprint density at radius 3 is 1.79 bits per heavy atom. The Labute approximate surface area is 335 Å². The number of benzene rings is 9. The third-order valence-corrected chi connectivity index (χ3v) is 11.0. The Kier molecular flexibility index (Phi) is 8.11. The summed E-state index contributed by atoms with van der Waals surface area (Å²) in [4.78, 5) is 12.6. The van der Waals surface area contributed by atoms with E-state index in [9.17, 15) is 0 Å². The molecule has 2 aromatic heterocycles. The Morgan fingerprint density at radius 2 is 0.983 bits per heavy atom. The maximum Gasteiger partial charge on any atom is 0.160 e. The van der Waals surface area contributed by atoms with Crippen molar-refractivity contribution in [3.8, 4) is 45.0 Å². The van der Waals surface area contributed by atoms with Crippen LogP contribution >= 0.6 is 0 Å². The second kappa shape index (κ2) is 14.0. The summed E-state index contributed by atoms with van der Waals surface area (Å²) in [6, 6.07) is 74.4. The molecule has 0 aliphatic heterocycles. The van der Waals surface area contributed by atoms with Gasteiger partial charge in [0.05, 0.1) is 11.4 Å². The van der Waals surface area contributed by atoms with Gasteiger partial charge in [-0.3, -0.25) is 0 Å². The standard InChI is InChI=1S/C54H35N3O/c1-4-17-37(18-5-1)48-35-49(56-54(55-48)38-19-6-2-7-20-38)46-28-15-29-50-51(46)52-45-27-13-12-22-41(45)34-47(53(52)58-50)40-23-14-26-43(33-40)57(42-24-8-3-9-25-42)44-31-30-36-16-10-11-21-39(36)32-44/h1-35H. The highest BCUT2D eigenvalue weighted by Crippen LogP contribution is 2.46. The van der Waals surface area contributed by atoms with Gasteiger partial charge in [0.1, 0.15) is 11.2 Å². The normalized spacial score (nSPS) is 11.4. The predicted molar refractivity (Wildman–Crippen MR) is 241 cm³/mol. The number of nitrogens with zero attached hydrogens (tertiary/aromatic N) is 3. The van der Waals surface area contributed by atoms with Crippen LogP contribution in [0.1, 0.15) is 0 Å². The van der Waals surface area contributed by atoms with Crippen molar-refractivity contribution < 1.29 is 4.42 Å². The summed E-state index contributed by atoms with van der Waals surface area (Å²) < 4.78 is 7.00. The van der Waals surface area contributed by atoms with Crippen LogP contribution in [-0.4, -0.2) is 9.97 Å². The molecule has 0 amide bonds. The van der Waals surface area contributed by atoms with Crippen molar-refractivity contribution in [2.75, 3.05) is 4.90 Å².